The third-order valence-corrected chi connectivity index (χ3v) is 1.91. The molecule has 0 fully saturated rings. The molecule has 0 aliphatic rings. The normalized spacial score (nSPS) is 11.4. The van der Waals surface area contributed by atoms with Crippen LogP contribution in [0.3, 0.4) is 0 Å². The summed E-state index contributed by atoms with van der Waals surface area (Å²) >= 11 is 3.12. The van der Waals surface area contributed by atoms with Gasteiger partial charge in [0.25, 0.3) is 0 Å². The van der Waals surface area contributed by atoms with Gasteiger partial charge >= 0.3 is 5.97 Å². The summed E-state index contributed by atoms with van der Waals surface area (Å²) in [6.07, 6.45) is 5.01. The summed E-state index contributed by atoms with van der Waals surface area (Å²) in [6.45, 7) is 2.11. The van der Waals surface area contributed by atoms with Crippen LogP contribution in [-0.4, -0.2) is 13.1 Å². The average Bonchev–Trinajstić information content (AvgIpc) is 2.03. The second-order valence-corrected chi connectivity index (χ2v) is 3.04. The first-order valence-electron chi connectivity index (χ1n) is 3.66. The smallest absolute Gasteiger partial charge is 0.344 e. The number of unbranched alkanes of at least 4 members (excludes halogenated alkanes) is 2. The summed E-state index contributed by atoms with van der Waals surface area (Å²) in [4.78, 5) is 10.8. The number of methoxy groups -OCH3 is 1. The number of ether oxygens (including phenoxy) is 1. The van der Waals surface area contributed by atoms with Gasteiger partial charge in [-0.1, -0.05) is 25.8 Å². The molecule has 0 N–H and O–H groups in total. The van der Waals surface area contributed by atoms with Crippen LogP contribution in [0.25, 0.3) is 0 Å². The monoisotopic (exact) mass is 220 g/mol. The largest absolute Gasteiger partial charge is 0.465 e. The maximum atomic E-state index is 10.8. The Bertz CT molecular complexity index is 152. The summed E-state index contributed by atoms with van der Waals surface area (Å²) in [5.74, 6) is -0.305. The Labute approximate surface area is 75.7 Å². The van der Waals surface area contributed by atoms with Crippen molar-refractivity contribution in [1.29, 1.82) is 0 Å². The van der Waals surface area contributed by atoms with E-state index >= 15 is 0 Å². The molecule has 2 nitrogen and oxygen atoms in total. The number of carbonyl (C=O) groups excluding carboxylic acids is 1. The van der Waals surface area contributed by atoms with Gasteiger partial charge < -0.3 is 4.74 Å². The maximum Gasteiger partial charge on any atom is 0.344 e. The fourth-order valence-corrected chi connectivity index (χ4v) is 1.00. The predicted octanol–water partition coefficient (Wildman–Crippen LogP) is 2.63. The molecule has 0 heterocycles. The van der Waals surface area contributed by atoms with Crippen LogP contribution in [0.4, 0.5) is 0 Å². The molecule has 0 unspecified atom stereocenters. The van der Waals surface area contributed by atoms with E-state index in [2.05, 4.69) is 27.6 Å². The van der Waals surface area contributed by atoms with Crippen molar-refractivity contribution in [1.82, 2.24) is 0 Å². The van der Waals surface area contributed by atoms with E-state index in [1.807, 2.05) is 6.08 Å². The number of hydrogen-bond donors (Lipinski definition) is 0. The highest BCUT2D eigenvalue weighted by Crippen LogP contribution is 2.09. The first-order chi connectivity index (χ1) is 5.22. The lowest BCUT2D eigenvalue weighted by molar-refractivity contribution is -0.135. The van der Waals surface area contributed by atoms with E-state index in [0.717, 1.165) is 19.3 Å². The fourth-order valence-electron chi connectivity index (χ4n) is 0.614. The first-order valence-corrected chi connectivity index (χ1v) is 4.45. The minimum Gasteiger partial charge on any atom is -0.465 e. The molecule has 11 heavy (non-hydrogen) atoms. The predicted molar refractivity (Wildman–Crippen MR) is 48.6 cm³/mol. The second kappa shape index (κ2) is 6.40. The fraction of sp³-hybridized carbons (Fsp3) is 0.625. The van der Waals surface area contributed by atoms with Crippen molar-refractivity contribution in [2.75, 3.05) is 7.11 Å². The molecular formula is C8H13BrO2. The van der Waals surface area contributed by atoms with E-state index in [-0.39, 0.29) is 5.97 Å². The summed E-state index contributed by atoms with van der Waals surface area (Å²) in [6, 6.07) is 0. The van der Waals surface area contributed by atoms with Crippen LogP contribution in [0.5, 0.6) is 0 Å². The molecule has 0 saturated heterocycles. The number of esters is 1. The van der Waals surface area contributed by atoms with Gasteiger partial charge in [-0.05, 0) is 22.4 Å². The molecule has 0 aliphatic carbocycles. The topological polar surface area (TPSA) is 26.3 Å². The summed E-state index contributed by atoms with van der Waals surface area (Å²) < 4.78 is 5.01. The molecule has 0 saturated carbocycles. The van der Waals surface area contributed by atoms with Gasteiger partial charge in [0.2, 0.25) is 0 Å². The summed E-state index contributed by atoms with van der Waals surface area (Å²) in [7, 11) is 1.37. The van der Waals surface area contributed by atoms with Gasteiger partial charge in [0.1, 0.15) is 0 Å². The van der Waals surface area contributed by atoms with Crippen molar-refractivity contribution in [3.8, 4) is 0 Å². The highest BCUT2D eigenvalue weighted by molar-refractivity contribution is 9.12. The van der Waals surface area contributed by atoms with E-state index in [0.29, 0.717) is 4.48 Å². The van der Waals surface area contributed by atoms with Gasteiger partial charge in [0.05, 0.1) is 11.6 Å². The quantitative estimate of drug-likeness (QED) is 0.414. The Hall–Kier alpha value is -0.310. The zero-order valence-corrected chi connectivity index (χ0v) is 8.48. The first kappa shape index (κ1) is 10.7. The minimum absolute atomic E-state index is 0.305. The van der Waals surface area contributed by atoms with Crippen LogP contribution in [0.2, 0.25) is 0 Å². The molecule has 0 amide bonds. The minimum atomic E-state index is -0.305. The molecule has 0 aromatic heterocycles. The molecular weight excluding hydrogens is 208 g/mol. The molecule has 0 bridgehead atoms. The van der Waals surface area contributed by atoms with Crippen LogP contribution in [0, 0.1) is 0 Å². The maximum absolute atomic E-state index is 10.8. The van der Waals surface area contributed by atoms with Crippen LogP contribution in [0.1, 0.15) is 26.2 Å². The number of hydrogen-bond acceptors (Lipinski definition) is 2. The highest BCUT2D eigenvalue weighted by Gasteiger charge is 2.02. The molecule has 0 aliphatic heterocycles. The van der Waals surface area contributed by atoms with Gasteiger partial charge in [0.15, 0.2) is 0 Å². The molecule has 0 radical (unpaired) electrons. The van der Waals surface area contributed by atoms with Gasteiger partial charge in [-0.25, -0.2) is 4.79 Å². The number of carbonyl (C=O) groups is 1. The van der Waals surface area contributed by atoms with E-state index in [1.54, 1.807) is 0 Å². The van der Waals surface area contributed by atoms with Gasteiger partial charge in [-0.3, -0.25) is 0 Å². The zero-order chi connectivity index (χ0) is 8.69. The molecule has 0 spiro atoms. The molecule has 0 atom stereocenters. The van der Waals surface area contributed by atoms with Crippen molar-refractivity contribution >= 4 is 21.9 Å². The Morgan fingerprint density at radius 3 is 2.73 bits per heavy atom. The Kier molecular flexibility index (Phi) is 6.22. The Morgan fingerprint density at radius 2 is 2.27 bits per heavy atom. The zero-order valence-electron chi connectivity index (χ0n) is 6.89. The van der Waals surface area contributed by atoms with E-state index < -0.39 is 0 Å². The third kappa shape index (κ3) is 5.01. The van der Waals surface area contributed by atoms with Crippen molar-refractivity contribution in [2.24, 2.45) is 0 Å². The number of rotatable bonds is 4. The molecule has 64 valence electrons. The molecule has 0 rings (SSSR count). The van der Waals surface area contributed by atoms with E-state index in [4.69, 9.17) is 0 Å². The Balaban J connectivity index is 3.71. The van der Waals surface area contributed by atoms with Gasteiger partial charge in [-0.2, -0.15) is 0 Å². The van der Waals surface area contributed by atoms with E-state index in [9.17, 15) is 4.79 Å². The number of halogens is 1. The van der Waals surface area contributed by atoms with Crippen LogP contribution in [-0.2, 0) is 9.53 Å². The van der Waals surface area contributed by atoms with Crippen molar-refractivity contribution < 1.29 is 9.53 Å². The lowest BCUT2D eigenvalue weighted by Gasteiger charge is -1.95. The Morgan fingerprint density at radius 1 is 1.64 bits per heavy atom. The summed E-state index contributed by atoms with van der Waals surface area (Å²) in [5.41, 5.74) is 0. The van der Waals surface area contributed by atoms with E-state index in [1.165, 1.54) is 7.11 Å². The second-order valence-electron chi connectivity index (χ2n) is 2.19. The van der Waals surface area contributed by atoms with Gasteiger partial charge in [-0.15, -0.1) is 0 Å². The summed E-state index contributed by atoms with van der Waals surface area (Å²) in [5, 5.41) is 0. The van der Waals surface area contributed by atoms with Crippen molar-refractivity contribution in [2.45, 2.75) is 26.2 Å². The molecule has 3 heteroatoms. The van der Waals surface area contributed by atoms with Crippen LogP contribution in [0.15, 0.2) is 10.6 Å². The highest BCUT2D eigenvalue weighted by atomic mass is 79.9. The molecule has 0 aromatic rings. The molecule has 0 aromatic carbocycles. The standard InChI is InChI=1S/C8H13BrO2/c1-3-4-5-6-7(9)8(10)11-2/h6H,3-5H2,1-2H3/b7-6-. The SMILES string of the molecule is CCCC/C=C(\Br)C(=O)OC. The van der Waals surface area contributed by atoms with Crippen molar-refractivity contribution in [3.63, 3.8) is 0 Å². The van der Waals surface area contributed by atoms with Crippen LogP contribution < -0.4 is 0 Å². The third-order valence-electron chi connectivity index (χ3n) is 1.26. The lowest BCUT2D eigenvalue weighted by Crippen LogP contribution is -1.98. The number of allylic oxidation sites excluding steroid dienone is 1. The lowest BCUT2D eigenvalue weighted by atomic mass is 10.2. The van der Waals surface area contributed by atoms with Crippen molar-refractivity contribution in [3.05, 3.63) is 10.6 Å². The van der Waals surface area contributed by atoms with Crippen LogP contribution >= 0.6 is 15.9 Å². The van der Waals surface area contributed by atoms with Gasteiger partial charge in [0, 0.05) is 0 Å². The average molecular weight is 221 g/mol.